The first-order valence-corrected chi connectivity index (χ1v) is 9.31. The molecule has 27 heavy (non-hydrogen) atoms. The molecule has 0 aromatic heterocycles. The Hall–Kier alpha value is -1.62. The van der Waals surface area contributed by atoms with E-state index >= 15 is 0 Å². The number of rotatable bonds is 3. The van der Waals surface area contributed by atoms with Gasteiger partial charge in [0.25, 0.3) is 0 Å². The first kappa shape index (κ1) is 20.1. The summed E-state index contributed by atoms with van der Waals surface area (Å²) in [6, 6.07) is 11.5. The molecule has 1 unspecified atom stereocenters. The van der Waals surface area contributed by atoms with Crippen molar-refractivity contribution >= 4 is 29.8 Å². The highest BCUT2D eigenvalue weighted by Crippen LogP contribution is 2.38. The zero-order valence-corrected chi connectivity index (χ0v) is 16.7. The van der Waals surface area contributed by atoms with Crippen LogP contribution in [0.15, 0.2) is 41.4 Å². The standard InChI is InChI=1S/C21H22ClFN2O.ClH/c1-21(12-26-11-20(24)25-21)18-9-13(2-7-19(18)23)8-14-3-4-15-10-16(22)5-6-17(14)15;/h2,5-7,9-10,14H,3-4,8,11-12H2,1H3,(H2,24,25);1H/t14?,21-;/m0./s1. The van der Waals surface area contributed by atoms with Crippen LogP contribution in [0.5, 0.6) is 0 Å². The third-order valence-corrected chi connectivity index (χ3v) is 5.66. The molecule has 144 valence electrons. The van der Waals surface area contributed by atoms with Gasteiger partial charge < -0.3 is 10.5 Å². The molecule has 0 saturated carbocycles. The average Bonchev–Trinajstić information content (AvgIpc) is 2.98. The topological polar surface area (TPSA) is 47.6 Å². The van der Waals surface area contributed by atoms with Crippen LogP contribution in [0.2, 0.25) is 5.02 Å². The lowest BCUT2D eigenvalue weighted by Gasteiger charge is -2.30. The highest BCUT2D eigenvalue weighted by molar-refractivity contribution is 6.30. The van der Waals surface area contributed by atoms with E-state index in [2.05, 4.69) is 17.1 Å². The van der Waals surface area contributed by atoms with Crippen molar-refractivity contribution in [2.45, 2.75) is 37.6 Å². The van der Waals surface area contributed by atoms with Gasteiger partial charge in [0, 0.05) is 10.6 Å². The molecule has 2 aromatic carbocycles. The number of aryl methyl sites for hydroxylation is 1. The smallest absolute Gasteiger partial charge is 0.128 e. The van der Waals surface area contributed by atoms with E-state index < -0.39 is 5.54 Å². The van der Waals surface area contributed by atoms with Crippen LogP contribution in [0.25, 0.3) is 0 Å². The van der Waals surface area contributed by atoms with E-state index in [0.717, 1.165) is 29.8 Å². The predicted molar refractivity (Wildman–Crippen MR) is 110 cm³/mol. The number of fused-ring (bicyclic) bond motifs is 1. The van der Waals surface area contributed by atoms with E-state index in [4.69, 9.17) is 22.1 Å². The number of halogens is 3. The van der Waals surface area contributed by atoms with Crippen LogP contribution in [0.4, 0.5) is 4.39 Å². The van der Waals surface area contributed by atoms with Gasteiger partial charge in [0.05, 0.1) is 6.61 Å². The lowest BCUT2D eigenvalue weighted by molar-refractivity contribution is 0.104. The number of amidine groups is 1. The lowest BCUT2D eigenvalue weighted by Crippen LogP contribution is -2.38. The predicted octanol–water partition coefficient (Wildman–Crippen LogP) is 4.78. The van der Waals surface area contributed by atoms with Gasteiger partial charge in [-0.25, -0.2) is 4.39 Å². The van der Waals surface area contributed by atoms with Gasteiger partial charge in [-0.1, -0.05) is 29.8 Å². The third kappa shape index (κ3) is 3.98. The molecule has 2 aromatic rings. The number of ether oxygens (including phenoxy) is 1. The molecule has 0 spiro atoms. The van der Waals surface area contributed by atoms with Crippen molar-refractivity contribution in [3.05, 3.63) is 69.5 Å². The normalized spacial score (nSPS) is 24.1. The van der Waals surface area contributed by atoms with E-state index in [1.165, 1.54) is 17.2 Å². The van der Waals surface area contributed by atoms with Crippen molar-refractivity contribution in [2.75, 3.05) is 13.2 Å². The summed E-state index contributed by atoms with van der Waals surface area (Å²) in [7, 11) is 0. The fraction of sp³-hybridized carbons (Fsp3) is 0.381. The molecule has 1 heterocycles. The molecule has 1 aliphatic carbocycles. The van der Waals surface area contributed by atoms with Crippen LogP contribution >= 0.6 is 24.0 Å². The molecule has 1 aliphatic heterocycles. The maximum atomic E-state index is 14.5. The maximum Gasteiger partial charge on any atom is 0.128 e. The Bertz CT molecular complexity index is 886. The quantitative estimate of drug-likeness (QED) is 0.794. The molecular weight excluding hydrogens is 386 g/mol. The fourth-order valence-electron chi connectivity index (χ4n) is 4.16. The third-order valence-electron chi connectivity index (χ3n) is 5.42. The summed E-state index contributed by atoms with van der Waals surface area (Å²) in [5, 5.41) is 0.786. The van der Waals surface area contributed by atoms with Crippen molar-refractivity contribution in [3.8, 4) is 0 Å². The van der Waals surface area contributed by atoms with Gasteiger partial charge in [-0.05, 0) is 67.0 Å². The summed E-state index contributed by atoms with van der Waals surface area (Å²) >= 11 is 6.11. The lowest BCUT2D eigenvalue weighted by atomic mass is 9.87. The Morgan fingerprint density at radius 2 is 2.11 bits per heavy atom. The molecule has 2 atom stereocenters. The van der Waals surface area contributed by atoms with Gasteiger partial charge >= 0.3 is 0 Å². The number of aliphatic imine (C=N–C) groups is 1. The zero-order valence-electron chi connectivity index (χ0n) is 15.2. The number of hydrogen-bond acceptors (Lipinski definition) is 3. The van der Waals surface area contributed by atoms with Crippen molar-refractivity contribution in [1.29, 1.82) is 0 Å². The SMILES string of the molecule is C[C@@]1(c2cc(CC3CCc4cc(Cl)ccc43)ccc2F)COCC(N)=N1.Cl. The zero-order chi connectivity index (χ0) is 18.3. The van der Waals surface area contributed by atoms with Crippen molar-refractivity contribution in [3.63, 3.8) is 0 Å². The highest BCUT2D eigenvalue weighted by Gasteiger charge is 2.33. The van der Waals surface area contributed by atoms with Crippen LogP contribution in [-0.4, -0.2) is 19.0 Å². The number of nitrogens with zero attached hydrogens (tertiary/aromatic N) is 1. The summed E-state index contributed by atoms with van der Waals surface area (Å²) in [6.45, 7) is 2.51. The van der Waals surface area contributed by atoms with E-state index in [-0.39, 0.29) is 18.2 Å². The molecule has 0 bridgehead atoms. The van der Waals surface area contributed by atoms with Gasteiger partial charge in [0.1, 0.15) is 23.8 Å². The summed E-state index contributed by atoms with van der Waals surface area (Å²) in [5.41, 5.74) is 9.39. The van der Waals surface area contributed by atoms with E-state index in [1.807, 2.05) is 25.1 Å². The minimum Gasteiger partial charge on any atom is -0.386 e. The van der Waals surface area contributed by atoms with Gasteiger partial charge in [-0.15, -0.1) is 12.4 Å². The molecular formula is C21H23Cl2FN2O. The maximum absolute atomic E-state index is 14.5. The Morgan fingerprint density at radius 3 is 2.89 bits per heavy atom. The summed E-state index contributed by atoms with van der Waals surface area (Å²) in [4.78, 5) is 4.48. The molecule has 3 nitrogen and oxygen atoms in total. The molecule has 0 fully saturated rings. The molecule has 0 saturated heterocycles. The fourth-order valence-corrected chi connectivity index (χ4v) is 4.35. The monoisotopic (exact) mass is 408 g/mol. The van der Waals surface area contributed by atoms with E-state index in [0.29, 0.717) is 30.5 Å². The van der Waals surface area contributed by atoms with E-state index in [1.54, 1.807) is 0 Å². The Morgan fingerprint density at radius 1 is 1.30 bits per heavy atom. The summed E-state index contributed by atoms with van der Waals surface area (Å²) < 4.78 is 20.0. The molecule has 6 heteroatoms. The number of benzene rings is 2. The number of nitrogens with two attached hydrogens (primary N) is 1. The van der Waals surface area contributed by atoms with Gasteiger partial charge in [0.15, 0.2) is 0 Å². The largest absolute Gasteiger partial charge is 0.386 e. The van der Waals surface area contributed by atoms with Crippen molar-refractivity contribution < 1.29 is 9.13 Å². The van der Waals surface area contributed by atoms with Crippen LogP contribution in [0.1, 0.15) is 41.5 Å². The van der Waals surface area contributed by atoms with E-state index in [9.17, 15) is 4.39 Å². The molecule has 0 radical (unpaired) electrons. The van der Waals surface area contributed by atoms with Crippen molar-refractivity contribution in [2.24, 2.45) is 10.7 Å². The average molecular weight is 409 g/mol. The minimum atomic E-state index is -0.774. The van der Waals surface area contributed by atoms with Crippen LogP contribution < -0.4 is 5.73 Å². The molecule has 2 aliphatic rings. The molecule has 2 N–H and O–H groups in total. The first-order chi connectivity index (χ1) is 12.4. The highest BCUT2D eigenvalue weighted by atomic mass is 35.5. The second-order valence-electron chi connectivity index (χ2n) is 7.47. The van der Waals surface area contributed by atoms with Gasteiger partial charge in [0.2, 0.25) is 0 Å². The van der Waals surface area contributed by atoms with Crippen molar-refractivity contribution in [1.82, 2.24) is 0 Å². The Kier molecular flexibility index (Phi) is 5.80. The second kappa shape index (κ2) is 7.78. The van der Waals surface area contributed by atoms with Gasteiger partial charge in [-0.3, -0.25) is 4.99 Å². The molecule has 4 rings (SSSR count). The summed E-state index contributed by atoms with van der Waals surface area (Å²) in [6.07, 6.45) is 3.01. The first-order valence-electron chi connectivity index (χ1n) is 8.94. The molecule has 0 amide bonds. The Labute approximate surface area is 170 Å². The van der Waals surface area contributed by atoms with Crippen LogP contribution in [-0.2, 0) is 23.1 Å². The minimum absolute atomic E-state index is 0. The van der Waals surface area contributed by atoms with Crippen LogP contribution in [0, 0.1) is 5.82 Å². The number of hydrogen-bond donors (Lipinski definition) is 1. The second-order valence-corrected chi connectivity index (χ2v) is 7.90. The van der Waals surface area contributed by atoms with Crippen LogP contribution in [0.3, 0.4) is 0 Å². The van der Waals surface area contributed by atoms with Gasteiger partial charge in [-0.2, -0.15) is 0 Å². The summed E-state index contributed by atoms with van der Waals surface area (Å²) in [5.74, 6) is 0.576. The Balaban J connectivity index is 0.00000210.